The summed E-state index contributed by atoms with van der Waals surface area (Å²) >= 11 is 11.7. The molecular formula is C8H6Cl2N. The van der Waals surface area contributed by atoms with Crippen LogP contribution in [0.2, 0.25) is 0 Å². The van der Waals surface area contributed by atoms with E-state index in [1.807, 2.05) is 24.3 Å². The predicted octanol–water partition coefficient (Wildman–Crippen LogP) is 2.80. The van der Waals surface area contributed by atoms with Crippen LogP contribution in [0.25, 0.3) is 0 Å². The van der Waals surface area contributed by atoms with Gasteiger partial charge in [0, 0.05) is 12.1 Å². The molecule has 1 aliphatic heterocycles. The number of hydrogen-bond donors (Lipinski definition) is 1. The molecule has 0 spiro atoms. The lowest BCUT2D eigenvalue weighted by Gasteiger charge is -2.10. The normalized spacial score (nSPS) is 19.1. The molecule has 0 saturated heterocycles. The SMILES string of the molecule is ClC1(Cl)[CH]c2ccccc2N1. The second kappa shape index (κ2) is 2.29. The molecule has 0 amide bonds. The molecule has 1 aromatic carbocycles. The van der Waals surface area contributed by atoms with Crippen molar-refractivity contribution in [3.63, 3.8) is 0 Å². The number of para-hydroxylation sites is 1. The topological polar surface area (TPSA) is 12.0 Å². The van der Waals surface area contributed by atoms with E-state index in [1.54, 1.807) is 6.42 Å². The fourth-order valence-electron chi connectivity index (χ4n) is 1.15. The summed E-state index contributed by atoms with van der Waals surface area (Å²) < 4.78 is -0.927. The molecular weight excluding hydrogens is 181 g/mol. The van der Waals surface area contributed by atoms with Crippen molar-refractivity contribution in [3.8, 4) is 0 Å². The summed E-state index contributed by atoms with van der Waals surface area (Å²) in [4.78, 5) is 0. The molecule has 1 nitrogen and oxygen atoms in total. The average Bonchev–Trinajstić information content (AvgIpc) is 2.21. The Morgan fingerprint density at radius 2 is 1.91 bits per heavy atom. The molecule has 0 unspecified atom stereocenters. The second-order valence-electron chi connectivity index (χ2n) is 2.48. The molecule has 1 aliphatic rings. The van der Waals surface area contributed by atoms with Crippen molar-refractivity contribution in [3.05, 3.63) is 36.2 Å². The Kier molecular flexibility index (Phi) is 1.51. The lowest BCUT2D eigenvalue weighted by molar-refractivity contribution is 1.12. The first kappa shape index (κ1) is 7.26. The molecule has 0 atom stereocenters. The fourth-order valence-corrected chi connectivity index (χ4v) is 1.59. The van der Waals surface area contributed by atoms with Gasteiger partial charge in [0.15, 0.2) is 4.46 Å². The van der Waals surface area contributed by atoms with Gasteiger partial charge in [-0.15, -0.1) is 0 Å². The van der Waals surface area contributed by atoms with Gasteiger partial charge >= 0.3 is 0 Å². The van der Waals surface area contributed by atoms with Gasteiger partial charge in [0.1, 0.15) is 0 Å². The van der Waals surface area contributed by atoms with Crippen molar-refractivity contribution in [2.45, 2.75) is 4.46 Å². The van der Waals surface area contributed by atoms with E-state index in [1.165, 1.54) is 0 Å². The zero-order chi connectivity index (χ0) is 7.90. The first-order valence-corrected chi connectivity index (χ1v) is 4.04. The molecule has 0 saturated carbocycles. The van der Waals surface area contributed by atoms with Crippen molar-refractivity contribution < 1.29 is 0 Å². The maximum atomic E-state index is 5.83. The van der Waals surface area contributed by atoms with Crippen molar-refractivity contribution >= 4 is 28.9 Å². The molecule has 1 radical (unpaired) electrons. The molecule has 11 heavy (non-hydrogen) atoms. The largest absolute Gasteiger partial charge is 0.354 e. The van der Waals surface area contributed by atoms with E-state index in [-0.39, 0.29) is 0 Å². The van der Waals surface area contributed by atoms with Crippen LogP contribution in [0, 0.1) is 6.42 Å². The zero-order valence-corrected chi connectivity index (χ0v) is 7.15. The van der Waals surface area contributed by atoms with Gasteiger partial charge in [-0.05, 0) is 11.6 Å². The monoisotopic (exact) mass is 186 g/mol. The molecule has 3 heteroatoms. The molecule has 2 rings (SSSR count). The number of alkyl halides is 2. The number of halogens is 2. The molecule has 0 bridgehead atoms. The van der Waals surface area contributed by atoms with Gasteiger partial charge in [-0.1, -0.05) is 41.4 Å². The van der Waals surface area contributed by atoms with Gasteiger partial charge in [-0.3, -0.25) is 0 Å². The average molecular weight is 187 g/mol. The van der Waals surface area contributed by atoms with Crippen LogP contribution in [0.15, 0.2) is 24.3 Å². The minimum Gasteiger partial charge on any atom is -0.354 e. The van der Waals surface area contributed by atoms with Crippen molar-refractivity contribution in [2.24, 2.45) is 0 Å². The standard InChI is InChI=1S/C8H6Cl2N/c9-8(10)5-6-3-1-2-4-7(6)11-8/h1-5,11H. The summed E-state index contributed by atoms with van der Waals surface area (Å²) in [5.41, 5.74) is 2.04. The Morgan fingerprint density at radius 1 is 1.18 bits per heavy atom. The van der Waals surface area contributed by atoms with Crippen LogP contribution in [0.3, 0.4) is 0 Å². The van der Waals surface area contributed by atoms with Crippen LogP contribution in [0.1, 0.15) is 5.56 Å². The highest BCUT2D eigenvalue weighted by Crippen LogP contribution is 2.39. The third kappa shape index (κ3) is 1.31. The summed E-state index contributed by atoms with van der Waals surface area (Å²) in [5.74, 6) is 0. The highest BCUT2D eigenvalue weighted by atomic mass is 35.5. The van der Waals surface area contributed by atoms with Gasteiger partial charge in [0.05, 0.1) is 0 Å². The molecule has 0 aromatic heterocycles. The van der Waals surface area contributed by atoms with E-state index in [9.17, 15) is 0 Å². The first-order chi connectivity index (χ1) is 5.17. The Balaban J connectivity index is 2.41. The fraction of sp³-hybridized carbons (Fsp3) is 0.125. The Hall–Kier alpha value is -0.400. The Labute approximate surface area is 75.3 Å². The lowest BCUT2D eigenvalue weighted by Crippen LogP contribution is -2.18. The highest BCUT2D eigenvalue weighted by molar-refractivity contribution is 6.51. The quantitative estimate of drug-likeness (QED) is 0.486. The van der Waals surface area contributed by atoms with Gasteiger partial charge in [0.2, 0.25) is 0 Å². The first-order valence-electron chi connectivity index (χ1n) is 3.28. The minimum atomic E-state index is -0.927. The minimum absolute atomic E-state index is 0.927. The van der Waals surface area contributed by atoms with Crippen LogP contribution in [-0.4, -0.2) is 4.46 Å². The summed E-state index contributed by atoms with van der Waals surface area (Å²) in [6.07, 6.45) is 1.78. The van der Waals surface area contributed by atoms with Crippen LogP contribution >= 0.6 is 23.2 Å². The van der Waals surface area contributed by atoms with E-state index < -0.39 is 4.46 Å². The number of fused-ring (bicyclic) bond motifs is 1. The third-order valence-corrected chi connectivity index (χ3v) is 2.01. The van der Waals surface area contributed by atoms with Crippen LogP contribution in [0.4, 0.5) is 5.69 Å². The molecule has 57 valence electrons. The number of nitrogens with one attached hydrogen (secondary N) is 1. The molecule has 0 aliphatic carbocycles. The maximum Gasteiger partial charge on any atom is 0.195 e. The van der Waals surface area contributed by atoms with Crippen LogP contribution in [0.5, 0.6) is 0 Å². The van der Waals surface area contributed by atoms with E-state index in [0.29, 0.717) is 0 Å². The van der Waals surface area contributed by atoms with Gasteiger partial charge in [-0.25, -0.2) is 0 Å². The van der Waals surface area contributed by atoms with Crippen molar-refractivity contribution in [2.75, 3.05) is 5.32 Å². The number of hydrogen-bond acceptors (Lipinski definition) is 1. The molecule has 0 fully saturated rings. The summed E-state index contributed by atoms with van der Waals surface area (Å²) in [5, 5.41) is 2.95. The molecule has 1 heterocycles. The van der Waals surface area contributed by atoms with E-state index in [4.69, 9.17) is 23.2 Å². The van der Waals surface area contributed by atoms with Crippen molar-refractivity contribution in [1.82, 2.24) is 0 Å². The second-order valence-corrected chi connectivity index (χ2v) is 3.87. The van der Waals surface area contributed by atoms with Gasteiger partial charge in [-0.2, -0.15) is 0 Å². The van der Waals surface area contributed by atoms with E-state index >= 15 is 0 Å². The third-order valence-electron chi connectivity index (χ3n) is 1.60. The smallest absolute Gasteiger partial charge is 0.195 e. The maximum absolute atomic E-state index is 5.83. The van der Waals surface area contributed by atoms with Gasteiger partial charge < -0.3 is 5.32 Å². The van der Waals surface area contributed by atoms with Gasteiger partial charge in [0.25, 0.3) is 0 Å². The summed E-state index contributed by atoms with van der Waals surface area (Å²) in [6.45, 7) is 0. The van der Waals surface area contributed by atoms with E-state index in [2.05, 4.69) is 5.32 Å². The van der Waals surface area contributed by atoms with Crippen LogP contribution < -0.4 is 5.32 Å². The highest BCUT2D eigenvalue weighted by Gasteiger charge is 2.32. The summed E-state index contributed by atoms with van der Waals surface area (Å²) in [6, 6.07) is 7.80. The Morgan fingerprint density at radius 3 is 2.64 bits per heavy atom. The number of anilines is 1. The predicted molar refractivity (Wildman–Crippen MR) is 47.9 cm³/mol. The molecule has 1 aromatic rings. The molecule has 1 N–H and O–H groups in total. The van der Waals surface area contributed by atoms with E-state index in [0.717, 1.165) is 11.3 Å². The number of benzene rings is 1. The summed E-state index contributed by atoms with van der Waals surface area (Å²) in [7, 11) is 0. The zero-order valence-electron chi connectivity index (χ0n) is 5.64. The van der Waals surface area contributed by atoms with Crippen LogP contribution in [-0.2, 0) is 0 Å². The van der Waals surface area contributed by atoms with Crippen molar-refractivity contribution in [1.29, 1.82) is 0 Å². The lowest BCUT2D eigenvalue weighted by atomic mass is 10.2. The Bertz CT molecular complexity index is 256. The number of rotatable bonds is 0.